The summed E-state index contributed by atoms with van der Waals surface area (Å²) in [6, 6.07) is 0.464. The van der Waals surface area contributed by atoms with Gasteiger partial charge in [-0.3, -0.25) is 0 Å². The summed E-state index contributed by atoms with van der Waals surface area (Å²) in [4.78, 5) is 0. The molecule has 2 N–H and O–H groups in total. The van der Waals surface area contributed by atoms with Crippen LogP contribution in [-0.2, 0) is 0 Å². The van der Waals surface area contributed by atoms with Gasteiger partial charge in [-0.05, 0) is 43.9 Å². The lowest BCUT2D eigenvalue weighted by Crippen LogP contribution is -2.33. The van der Waals surface area contributed by atoms with E-state index in [2.05, 4.69) is 13.5 Å². The summed E-state index contributed by atoms with van der Waals surface area (Å²) in [5.41, 5.74) is 6.31. The highest BCUT2D eigenvalue weighted by molar-refractivity contribution is 4.79. The van der Waals surface area contributed by atoms with Crippen molar-refractivity contribution < 1.29 is 0 Å². The number of hydrogen-bond acceptors (Lipinski definition) is 1. The Balaban J connectivity index is 2.08. The minimum absolute atomic E-state index is 0.464. The molecule has 0 saturated heterocycles. The van der Waals surface area contributed by atoms with Crippen molar-refractivity contribution in [1.29, 1.82) is 0 Å². The maximum atomic E-state index is 6.31. The van der Waals surface area contributed by atoms with E-state index in [0.29, 0.717) is 6.04 Å². The smallest absolute Gasteiger partial charge is 0.00672 e. The highest BCUT2D eigenvalue weighted by Crippen LogP contribution is 2.31. The minimum Gasteiger partial charge on any atom is -0.327 e. The fraction of sp³-hybridized carbons (Fsp3) is 0.867. The van der Waals surface area contributed by atoms with Crippen LogP contribution in [0, 0.1) is 11.8 Å². The van der Waals surface area contributed by atoms with Crippen molar-refractivity contribution in [3.05, 3.63) is 12.7 Å². The zero-order valence-electron chi connectivity index (χ0n) is 11.0. The monoisotopic (exact) mass is 223 g/mol. The average Bonchev–Trinajstić information content (AvgIpc) is 2.28. The summed E-state index contributed by atoms with van der Waals surface area (Å²) in [6.07, 6.45) is 13.9. The number of unbranched alkanes of at least 4 members (excludes halogenated alkanes) is 3. The Morgan fingerprint density at radius 3 is 2.81 bits per heavy atom. The maximum absolute atomic E-state index is 6.31. The molecule has 16 heavy (non-hydrogen) atoms. The first-order valence-corrected chi connectivity index (χ1v) is 7.10. The zero-order valence-corrected chi connectivity index (χ0v) is 11.0. The molecule has 0 radical (unpaired) electrons. The van der Waals surface area contributed by atoms with Crippen LogP contribution in [0.15, 0.2) is 12.7 Å². The standard InChI is InChI=1S/C15H29N/c1-3-4-5-6-7-11-15(16)14-10-8-9-13(2)12-14/h3,13-15H,1,4-12,16H2,2H3. The van der Waals surface area contributed by atoms with Gasteiger partial charge in [0.05, 0.1) is 0 Å². The van der Waals surface area contributed by atoms with Gasteiger partial charge in [-0.1, -0.05) is 38.7 Å². The minimum atomic E-state index is 0.464. The molecule has 1 saturated carbocycles. The topological polar surface area (TPSA) is 26.0 Å². The van der Waals surface area contributed by atoms with E-state index in [1.165, 1.54) is 51.4 Å². The third kappa shape index (κ3) is 5.16. The van der Waals surface area contributed by atoms with E-state index in [4.69, 9.17) is 5.73 Å². The zero-order chi connectivity index (χ0) is 11.8. The molecule has 1 heteroatoms. The molecule has 0 bridgehead atoms. The molecule has 0 amide bonds. The molecule has 0 aliphatic heterocycles. The van der Waals surface area contributed by atoms with Gasteiger partial charge in [0.2, 0.25) is 0 Å². The predicted molar refractivity (Wildman–Crippen MR) is 72.4 cm³/mol. The molecule has 3 unspecified atom stereocenters. The molecule has 0 aromatic carbocycles. The first kappa shape index (κ1) is 13.8. The van der Waals surface area contributed by atoms with Gasteiger partial charge >= 0.3 is 0 Å². The largest absolute Gasteiger partial charge is 0.327 e. The van der Waals surface area contributed by atoms with E-state index >= 15 is 0 Å². The second-order valence-corrected chi connectivity index (χ2v) is 5.62. The molecular formula is C15H29N. The van der Waals surface area contributed by atoms with Crippen molar-refractivity contribution >= 4 is 0 Å². The lowest BCUT2D eigenvalue weighted by atomic mass is 9.77. The quantitative estimate of drug-likeness (QED) is 0.506. The highest BCUT2D eigenvalue weighted by Gasteiger charge is 2.23. The van der Waals surface area contributed by atoms with Crippen molar-refractivity contribution in [3.8, 4) is 0 Å². The molecule has 0 aromatic heterocycles. The van der Waals surface area contributed by atoms with E-state index in [1.807, 2.05) is 6.08 Å². The SMILES string of the molecule is C=CCCCCCC(N)C1CCCC(C)C1. The van der Waals surface area contributed by atoms with Crippen molar-refractivity contribution in [3.63, 3.8) is 0 Å². The van der Waals surface area contributed by atoms with Gasteiger partial charge < -0.3 is 5.73 Å². The lowest BCUT2D eigenvalue weighted by Gasteiger charge is -2.31. The highest BCUT2D eigenvalue weighted by atomic mass is 14.6. The van der Waals surface area contributed by atoms with E-state index in [-0.39, 0.29) is 0 Å². The van der Waals surface area contributed by atoms with Crippen LogP contribution in [0.1, 0.15) is 64.7 Å². The van der Waals surface area contributed by atoms with Crippen LogP contribution >= 0.6 is 0 Å². The van der Waals surface area contributed by atoms with Gasteiger partial charge in [-0.25, -0.2) is 0 Å². The Morgan fingerprint density at radius 2 is 2.12 bits per heavy atom. The molecule has 94 valence electrons. The maximum Gasteiger partial charge on any atom is 0.00672 e. The van der Waals surface area contributed by atoms with Gasteiger partial charge in [-0.15, -0.1) is 6.58 Å². The second kappa shape index (κ2) is 7.89. The summed E-state index contributed by atoms with van der Waals surface area (Å²) in [5, 5.41) is 0. The summed E-state index contributed by atoms with van der Waals surface area (Å²) in [7, 11) is 0. The molecular weight excluding hydrogens is 194 g/mol. The van der Waals surface area contributed by atoms with E-state index in [9.17, 15) is 0 Å². The van der Waals surface area contributed by atoms with Crippen LogP contribution in [0.2, 0.25) is 0 Å². The first-order valence-electron chi connectivity index (χ1n) is 7.10. The first-order chi connectivity index (χ1) is 7.74. The summed E-state index contributed by atoms with van der Waals surface area (Å²) >= 11 is 0. The van der Waals surface area contributed by atoms with Gasteiger partial charge in [0.25, 0.3) is 0 Å². The van der Waals surface area contributed by atoms with Crippen molar-refractivity contribution in [2.75, 3.05) is 0 Å². The molecule has 1 rings (SSSR count). The Morgan fingerprint density at radius 1 is 1.31 bits per heavy atom. The average molecular weight is 223 g/mol. The molecule has 1 nitrogen and oxygen atoms in total. The molecule has 0 aromatic rings. The second-order valence-electron chi connectivity index (χ2n) is 5.62. The van der Waals surface area contributed by atoms with Crippen molar-refractivity contribution in [2.24, 2.45) is 17.6 Å². The van der Waals surface area contributed by atoms with E-state index in [0.717, 1.165) is 18.3 Å². The number of nitrogens with two attached hydrogens (primary N) is 1. The van der Waals surface area contributed by atoms with Gasteiger partial charge in [0.1, 0.15) is 0 Å². The summed E-state index contributed by atoms with van der Waals surface area (Å²) < 4.78 is 0. The molecule has 1 aliphatic carbocycles. The molecule has 1 aliphatic rings. The van der Waals surface area contributed by atoms with Crippen molar-refractivity contribution in [1.82, 2.24) is 0 Å². The Labute approximate surface area is 101 Å². The molecule has 3 atom stereocenters. The Hall–Kier alpha value is -0.300. The number of rotatable bonds is 7. The summed E-state index contributed by atoms with van der Waals surface area (Å²) in [6.45, 7) is 6.13. The van der Waals surface area contributed by atoms with E-state index in [1.54, 1.807) is 0 Å². The molecule has 0 spiro atoms. The van der Waals surface area contributed by atoms with E-state index < -0.39 is 0 Å². The lowest BCUT2D eigenvalue weighted by molar-refractivity contribution is 0.237. The van der Waals surface area contributed by atoms with Gasteiger partial charge in [0, 0.05) is 6.04 Å². The van der Waals surface area contributed by atoms with Crippen LogP contribution in [0.4, 0.5) is 0 Å². The number of allylic oxidation sites excluding steroid dienone is 1. The normalized spacial score (nSPS) is 27.6. The van der Waals surface area contributed by atoms with Gasteiger partial charge in [-0.2, -0.15) is 0 Å². The molecule has 0 heterocycles. The predicted octanol–water partition coefficient (Wildman–Crippen LogP) is 4.28. The fourth-order valence-corrected chi connectivity index (χ4v) is 2.95. The van der Waals surface area contributed by atoms with Crippen LogP contribution in [0.25, 0.3) is 0 Å². The van der Waals surface area contributed by atoms with Crippen LogP contribution in [0.5, 0.6) is 0 Å². The van der Waals surface area contributed by atoms with Crippen LogP contribution in [0.3, 0.4) is 0 Å². The summed E-state index contributed by atoms with van der Waals surface area (Å²) in [5.74, 6) is 1.72. The third-order valence-electron chi connectivity index (χ3n) is 4.03. The van der Waals surface area contributed by atoms with Crippen LogP contribution < -0.4 is 5.73 Å². The molecule has 1 fully saturated rings. The van der Waals surface area contributed by atoms with Crippen LogP contribution in [-0.4, -0.2) is 6.04 Å². The number of hydrogen-bond donors (Lipinski definition) is 1. The third-order valence-corrected chi connectivity index (χ3v) is 4.03. The Kier molecular flexibility index (Phi) is 6.79. The fourth-order valence-electron chi connectivity index (χ4n) is 2.95. The van der Waals surface area contributed by atoms with Gasteiger partial charge in [0.15, 0.2) is 0 Å². The van der Waals surface area contributed by atoms with Crippen molar-refractivity contribution in [2.45, 2.75) is 70.8 Å². The Bertz CT molecular complexity index is 188.